The lowest BCUT2D eigenvalue weighted by atomic mass is 10.1. The molecule has 0 spiro atoms. The Morgan fingerprint density at radius 1 is 1.00 bits per heavy atom. The molecule has 0 saturated heterocycles. The fourth-order valence-corrected chi connectivity index (χ4v) is 2.81. The van der Waals surface area contributed by atoms with Crippen LogP contribution < -0.4 is 0 Å². The van der Waals surface area contributed by atoms with E-state index in [-0.39, 0.29) is 0 Å². The van der Waals surface area contributed by atoms with E-state index in [9.17, 15) is 0 Å². The first-order chi connectivity index (χ1) is 11.7. The van der Waals surface area contributed by atoms with Crippen LogP contribution in [-0.2, 0) is 0 Å². The highest BCUT2D eigenvalue weighted by molar-refractivity contribution is 6.33. The summed E-state index contributed by atoms with van der Waals surface area (Å²) >= 11 is 12.3. The Kier molecular flexibility index (Phi) is 3.76. The number of rotatable bonds is 3. The number of halogens is 2. The second-order valence-electron chi connectivity index (χ2n) is 4.98. The summed E-state index contributed by atoms with van der Waals surface area (Å²) in [5, 5.41) is 12.5. The summed E-state index contributed by atoms with van der Waals surface area (Å²) in [4.78, 5) is 8.19. The second-order valence-corrected chi connectivity index (χ2v) is 5.77. The van der Waals surface area contributed by atoms with E-state index in [1.54, 1.807) is 16.9 Å². The SMILES string of the molecule is Clc1cc(-n2cc(-c3ccccc3Cl)c(-c3nc[nH]n3)n2)ccn1. The van der Waals surface area contributed by atoms with Gasteiger partial charge >= 0.3 is 0 Å². The van der Waals surface area contributed by atoms with Gasteiger partial charge in [0.25, 0.3) is 0 Å². The van der Waals surface area contributed by atoms with Crippen molar-refractivity contribution in [1.82, 2.24) is 29.9 Å². The highest BCUT2D eigenvalue weighted by Gasteiger charge is 2.18. The van der Waals surface area contributed by atoms with Crippen molar-refractivity contribution in [2.75, 3.05) is 0 Å². The molecular formula is C16H10Cl2N6. The van der Waals surface area contributed by atoms with Crippen LogP contribution in [0.3, 0.4) is 0 Å². The largest absolute Gasteiger partial charge is 0.265 e. The van der Waals surface area contributed by atoms with Crippen molar-refractivity contribution in [2.45, 2.75) is 0 Å². The summed E-state index contributed by atoms with van der Waals surface area (Å²) < 4.78 is 1.71. The Labute approximate surface area is 147 Å². The number of hydrogen-bond acceptors (Lipinski definition) is 4. The molecule has 0 atom stereocenters. The van der Waals surface area contributed by atoms with E-state index in [4.69, 9.17) is 23.2 Å². The van der Waals surface area contributed by atoms with Gasteiger partial charge in [-0.15, -0.1) is 0 Å². The van der Waals surface area contributed by atoms with Gasteiger partial charge in [-0.2, -0.15) is 10.2 Å². The molecule has 3 heterocycles. The van der Waals surface area contributed by atoms with E-state index < -0.39 is 0 Å². The predicted molar refractivity (Wildman–Crippen MR) is 92.2 cm³/mol. The summed E-state index contributed by atoms with van der Waals surface area (Å²) in [5.74, 6) is 0.490. The quantitative estimate of drug-likeness (QED) is 0.562. The van der Waals surface area contributed by atoms with Crippen LogP contribution in [0.15, 0.2) is 55.1 Å². The fourth-order valence-electron chi connectivity index (χ4n) is 2.41. The molecule has 0 unspecified atom stereocenters. The molecule has 0 fully saturated rings. The van der Waals surface area contributed by atoms with Gasteiger partial charge in [-0.3, -0.25) is 5.10 Å². The van der Waals surface area contributed by atoms with E-state index in [0.29, 0.717) is 21.7 Å². The summed E-state index contributed by atoms with van der Waals surface area (Å²) in [6.07, 6.45) is 5.01. The maximum Gasteiger partial charge on any atom is 0.202 e. The minimum atomic E-state index is 0.390. The van der Waals surface area contributed by atoms with Crippen LogP contribution in [0.4, 0.5) is 0 Å². The van der Waals surface area contributed by atoms with Crippen molar-refractivity contribution in [3.8, 4) is 28.3 Å². The molecule has 6 nitrogen and oxygen atoms in total. The van der Waals surface area contributed by atoms with Crippen molar-refractivity contribution in [3.63, 3.8) is 0 Å². The van der Waals surface area contributed by atoms with Gasteiger partial charge in [0.05, 0.1) is 5.69 Å². The molecule has 1 aromatic carbocycles. The van der Waals surface area contributed by atoms with E-state index in [1.807, 2.05) is 36.5 Å². The summed E-state index contributed by atoms with van der Waals surface area (Å²) in [5.41, 5.74) is 3.08. The Hall–Kier alpha value is -2.70. The number of nitrogens with zero attached hydrogens (tertiary/aromatic N) is 5. The normalized spacial score (nSPS) is 10.9. The Bertz CT molecular complexity index is 993. The van der Waals surface area contributed by atoms with Crippen molar-refractivity contribution >= 4 is 23.2 Å². The molecular weight excluding hydrogens is 347 g/mol. The number of aromatic amines is 1. The number of benzene rings is 1. The first-order valence-electron chi connectivity index (χ1n) is 7.05. The predicted octanol–water partition coefficient (Wildman–Crippen LogP) is 4.03. The van der Waals surface area contributed by atoms with Crippen molar-refractivity contribution in [1.29, 1.82) is 0 Å². The topological polar surface area (TPSA) is 72.3 Å². The highest BCUT2D eigenvalue weighted by Crippen LogP contribution is 2.34. The molecule has 1 N–H and O–H groups in total. The molecule has 0 bridgehead atoms. The summed E-state index contributed by atoms with van der Waals surface area (Å²) in [7, 11) is 0. The Balaban J connectivity index is 1.94. The molecule has 0 aliphatic rings. The van der Waals surface area contributed by atoms with Gasteiger partial charge in [-0.1, -0.05) is 41.4 Å². The van der Waals surface area contributed by atoms with E-state index in [1.165, 1.54) is 6.33 Å². The molecule has 0 amide bonds. The standard InChI is InChI=1S/C16H10Cl2N6/c17-13-4-2-1-3-11(13)12-8-24(10-5-6-19-14(18)7-10)23-15(12)16-20-9-21-22-16/h1-9H,(H,20,21,22). The summed E-state index contributed by atoms with van der Waals surface area (Å²) in [6.45, 7) is 0. The lowest BCUT2D eigenvalue weighted by Gasteiger charge is -2.02. The first-order valence-corrected chi connectivity index (χ1v) is 7.80. The average molecular weight is 357 g/mol. The monoisotopic (exact) mass is 356 g/mol. The van der Waals surface area contributed by atoms with Crippen LogP contribution >= 0.6 is 23.2 Å². The van der Waals surface area contributed by atoms with Crippen LogP contribution in [0.2, 0.25) is 10.2 Å². The fraction of sp³-hybridized carbons (Fsp3) is 0. The second kappa shape index (κ2) is 6.07. The van der Waals surface area contributed by atoms with Gasteiger partial charge in [-0.05, 0) is 12.1 Å². The lowest BCUT2D eigenvalue weighted by molar-refractivity contribution is 0.877. The van der Waals surface area contributed by atoms with Gasteiger partial charge in [0.1, 0.15) is 17.2 Å². The molecule has 0 saturated carbocycles. The van der Waals surface area contributed by atoms with E-state index in [2.05, 4.69) is 25.3 Å². The molecule has 3 aromatic heterocycles. The maximum atomic E-state index is 6.36. The summed E-state index contributed by atoms with van der Waals surface area (Å²) in [6, 6.07) is 11.1. The molecule has 4 rings (SSSR count). The maximum absolute atomic E-state index is 6.36. The minimum Gasteiger partial charge on any atom is -0.265 e. The number of aromatic nitrogens is 6. The first kappa shape index (κ1) is 14.9. The average Bonchev–Trinajstić information content (AvgIpc) is 3.25. The van der Waals surface area contributed by atoms with Crippen molar-refractivity contribution in [3.05, 3.63) is 65.3 Å². The molecule has 0 aliphatic carbocycles. The van der Waals surface area contributed by atoms with E-state index in [0.717, 1.165) is 16.8 Å². The van der Waals surface area contributed by atoms with Crippen LogP contribution in [0.25, 0.3) is 28.3 Å². The van der Waals surface area contributed by atoms with Crippen molar-refractivity contribution < 1.29 is 0 Å². The molecule has 24 heavy (non-hydrogen) atoms. The van der Waals surface area contributed by atoms with E-state index >= 15 is 0 Å². The Morgan fingerprint density at radius 2 is 1.88 bits per heavy atom. The minimum absolute atomic E-state index is 0.390. The molecule has 8 heteroatoms. The highest BCUT2D eigenvalue weighted by atomic mass is 35.5. The van der Waals surface area contributed by atoms with Gasteiger partial charge < -0.3 is 0 Å². The zero-order valence-electron chi connectivity index (χ0n) is 12.2. The van der Waals surface area contributed by atoms with Crippen LogP contribution in [-0.4, -0.2) is 29.9 Å². The lowest BCUT2D eigenvalue weighted by Crippen LogP contribution is -1.95. The van der Waals surface area contributed by atoms with Gasteiger partial charge in [0.2, 0.25) is 5.82 Å². The van der Waals surface area contributed by atoms with Gasteiger partial charge in [0.15, 0.2) is 0 Å². The van der Waals surface area contributed by atoms with Crippen LogP contribution in [0, 0.1) is 0 Å². The molecule has 0 radical (unpaired) electrons. The number of H-pyrrole nitrogens is 1. The van der Waals surface area contributed by atoms with Crippen LogP contribution in [0.1, 0.15) is 0 Å². The number of pyridine rings is 1. The number of hydrogen-bond donors (Lipinski definition) is 1. The molecule has 118 valence electrons. The Morgan fingerprint density at radius 3 is 2.62 bits per heavy atom. The third-order valence-electron chi connectivity index (χ3n) is 3.48. The van der Waals surface area contributed by atoms with Gasteiger partial charge in [-0.25, -0.2) is 14.6 Å². The zero-order chi connectivity index (χ0) is 16.5. The van der Waals surface area contributed by atoms with Crippen LogP contribution in [0.5, 0.6) is 0 Å². The molecule has 0 aliphatic heterocycles. The smallest absolute Gasteiger partial charge is 0.202 e. The number of nitrogens with one attached hydrogen (secondary N) is 1. The third kappa shape index (κ3) is 2.66. The van der Waals surface area contributed by atoms with Gasteiger partial charge in [0, 0.05) is 34.6 Å². The molecule has 4 aromatic rings. The third-order valence-corrected chi connectivity index (χ3v) is 4.02. The van der Waals surface area contributed by atoms with Crippen molar-refractivity contribution in [2.24, 2.45) is 0 Å². The zero-order valence-corrected chi connectivity index (χ0v) is 13.7.